The minimum atomic E-state index is -0.899. The summed E-state index contributed by atoms with van der Waals surface area (Å²) >= 11 is 0. The molecule has 0 saturated heterocycles. The lowest BCUT2D eigenvalue weighted by atomic mass is 10.2. The summed E-state index contributed by atoms with van der Waals surface area (Å²) in [5.74, 6) is 7.95. The van der Waals surface area contributed by atoms with E-state index in [1.54, 1.807) is 0 Å². The van der Waals surface area contributed by atoms with Crippen molar-refractivity contribution in [2.75, 3.05) is 10.9 Å². The molecule has 2 aromatic heterocycles. The number of hydrogen-bond donors (Lipinski definition) is 5. The number of carbonyl (C=O) groups is 3. The Bertz CT molecular complexity index is 794. The lowest BCUT2D eigenvalue weighted by Gasteiger charge is -2.06. The highest BCUT2D eigenvalue weighted by molar-refractivity contribution is 5.99. The van der Waals surface area contributed by atoms with E-state index < -0.39 is 23.8 Å². The SMILES string of the molecule is N=C(CCC(=O)OC(=O)c1ccc(NN)nc1)OC(=O)c1ccc(NN)nc1. The molecule has 2 rings (SSSR count). The summed E-state index contributed by atoms with van der Waals surface area (Å²) in [6.45, 7) is 0. The maximum atomic E-state index is 11.9. The van der Waals surface area contributed by atoms with Crippen LogP contribution in [-0.2, 0) is 14.3 Å². The van der Waals surface area contributed by atoms with Gasteiger partial charge in [-0.05, 0) is 24.3 Å². The fourth-order valence-electron chi connectivity index (χ4n) is 1.85. The van der Waals surface area contributed by atoms with Crippen LogP contribution < -0.4 is 22.5 Å². The first kappa shape index (κ1) is 20.4. The summed E-state index contributed by atoms with van der Waals surface area (Å²) in [5, 5.41) is 7.61. The lowest BCUT2D eigenvalue weighted by Crippen LogP contribution is -2.17. The summed E-state index contributed by atoms with van der Waals surface area (Å²) < 4.78 is 9.45. The van der Waals surface area contributed by atoms with Crippen LogP contribution in [-0.4, -0.2) is 33.8 Å². The van der Waals surface area contributed by atoms with Crippen molar-refractivity contribution < 1.29 is 23.9 Å². The van der Waals surface area contributed by atoms with Gasteiger partial charge in [-0.1, -0.05) is 0 Å². The number of nitrogens with two attached hydrogens (primary N) is 2. The summed E-state index contributed by atoms with van der Waals surface area (Å²) in [6.07, 6.45) is 1.84. The van der Waals surface area contributed by atoms with E-state index in [1.165, 1.54) is 36.7 Å². The van der Waals surface area contributed by atoms with Crippen molar-refractivity contribution in [3.05, 3.63) is 47.8 Å². The number of anilines is 2. The molecule has 12 nitrogen and oxygen atoms in total. The van der Waals surface area contributed by atoms with Gasteiger partial charge < -0.3 is 20.3 Å². The average Bonchev–Trinajstić information content (AvgIpc) is 2.72. The van der Waals surface area contributed by atoms with E-state index in [1.807, 2.05) is 0 Å². The van der Waals surface area contributed by atoms with Crippen LogP contribution >= 0.6 is 0 Å². The van der Waals surface area contributed by atoms with Gasteiger partial charge in [0.25, 0.3) is 0 Å². The zero-order valence-corrected chi connectivity index (χ0v) is 14.5. The Labute approximate surface area is 158 Å². The summed E-state index contributed by atoms with van der Waals surface area (Å²) in [4.78, 5) is 43.1. The first-order chi connectivity index (χ1) is 13.4. The first-order valence-corrected chi connectivity index (χ1v) is 7.83. The molecule has 12 heteroatoms. The van der Waals surface area contributed by atoms with Crippen molar-refractivity contribution in [2.45, 2.75) is 12.8 Å². The van der Waals surface area contributed by atoms with Crippen LogP contribution in [0.2, 0.25) is 0 Å². The summed E-state index contributed by atoms with van der Waals surface area (Å²) in [7, 11) is 0. The Balaban J connectivity index is 1.78. The molecule has 0 aromatic carbocycles. The lowest BCUT2D eigenvalue weighted by molar-refractivity contribution is -0.137. The van der Waals surface area contributed by atoms with Crippen molar-refractivity contribution >= 4 is 35.4 Å². The number of pyridine rings is 2. The molecule has 0 aliphatic carbocycles. The van der Waals surface area contributed by atoms with E-state index in [2.05, 4.69) is 25.6 Å². The number of nitrogens with one attached hydrogen (secondary N) is 3. The van der Waals surface area contributed by atoms with Gasteiger partial charge in [-0.3, -0.25) is 10.2 Å². The Morgan fingerprint density at radius 2 is 1.36 bits per heavy atom. The zero-order chi connectivity index (χ0) is 20.5. The number of rotatable bonds is 7. The van der Waals surface area contributed by atoms with Gasteiger partial charge in [0.1, 0.15) is 11.6 Å². The summed E-state index contributed by atoms with van der Waals surface area (Å²) in [5.41, 5.74) is 4.75. The molecule has 0 radical (unpaired) electrons. The Morgan fingerprint density at radius 3 is 1.79 bits per heavy atom. The number of nitrogens with zero attached hydrogens (tertiary/aromatic N) is 2. The minimum Gasteiger partial charge on any atom is -0.409 e. The largest absolute Gasteiger partial charge is 0.409 e. The van der Waals surface area contributed by atoms with Gasteiger partial charge in [0.2, 0.25) is 0 Å². The third-order valence-electron chi connectivity index (χ3n) is 3.27. The van der Waals surface area contributed by atoms with E-state index in [4.69, 9.17) is 21.8 Å². The molecule has 0 aliphatic rings. The topological polar surface area (TPSA) is 195 Å². The van der Waals surface area contributed by atoms with Gasteiger partial charge in [0.05, 0.1) is 17.5 Å². The molecule has 0 bridgehead atoms. The van der Waals surface area contributed by atoms with Crippen LogP contribution in [0.25, 0.3) is 0 Å². The van der Waals surface area contributed by atoms with Gasteiger partial charge in [0.15, 0.2) is 5.90 Å². The van der Waals surface area contributed by atoms with Crippen molar-refractivity contribution in [2.24, 2.45) is 11.7 Å². The smallest absolute Gasteiger partial charge is 0.347 e. The van der Waals surface area contributed by atoms with Gasteiger partial charge in [-0.2, -0.15) is 0 Å². The normalized spacial score (nSPS) is 9.93. The van der Waals surface area contributed by atoms with Crippen LogP contribution in [0.1, 0.15) is 33.6 Å². The molecular weight excluding hydrogens is 370 g/mol. The Kier molecular flexibility index (Phi) is 7.07. The van der Waals surface area contributed by atoms with Gasteiger partial charge in [-0.15, -0.1) is 0 Å². The van der Waals surface area contributed by atoms with E-state index >= 15 is 0 Å². The highest BCUT2D eigenvalue weighted by Gasteiger charge is 2.16. The number of esters is 3. The van der Waals surface area contributed by atoms with E-state index in [9.17, 15) is 14.4 Å². The molecule has 0 atom stereocenters. The number of aromatic nitrogens is 2. The zero-order valence-electron chi connectivity index (χ0n) is 14.5. The van der Waals surface area contributed by atoms with Crippen molar-refractivity contribution in [1.82, 2.24) is 9.97 Å². The maximum Gasteiger partial charge on any atom is 0.347 e. The molecule has 0 fully saturated rings. The molecule has 146 valence electrons. The molecular formula is C16H17N7O5. The van der Waals surface area contributed by atoms with Crippen LogP contribution in [0.15, 0.2) is 36.7 Å². The number of hydrazine groups is 2. The van der Waals surface area contributed by atoms with Gasteiger partial charge in [0, 0.05) is 18.8 Å². The highest BCUT2D eigenvalue weighted by Crippen LogP contribution is 2.08. The fourth-order valence-corrected chi connectivity index (χ4v) is 1.85. The van der Waals surface area contributed by atoms with Crippen molar-refractivity contribution in [3.8, 4) is 0 Å². The Morgan fingerprint density at radius 1 is 0.857 bits per heavy atom. The van der Waals surface area contributed by atoms with E-state index in [0.717, 1.165) is 0 Å². The third kappa shape index (κ3) is 5.82. The predicted molar refractivity (Wildman–Crippen MR) is 96.9 cm³/mol. The standard InChI is InChI=1S/C16H17N7O5/c17-11(27-15(25)9-1-4-12(22-18)20-7-9)3-6-14(24)28-16(26)10-2-5-13(23-19)21-8-10/h1-2,4-5,7-8,17H,3,6,18-19H2,(H,20,22)(H,21,23). The van der Waals surface area contributed by atoms with E-state index in [0.29, 0.717) is 11.6 Å². The second-order valence-corrected chi connectivity index (χ2v) is 5.23. The Hall–Kier alpha value is -3.90. The molecule has 0 spiro atoms. The molecule has 0 saturated carbocycles. The maximum absolute atomic E-state index is 11.9. The predicted octanol–water partition coefficient (Wildman–Crippen LogP) is 0.346. The number of carbonyl (C=O) groups excluding carboxylic acids is 3. The van der Waals surface area contributed by atoms with Crippen molar-refractivity contribution in [3.63, 3.8) is 0 Å². The number of ether oxygens (including phenoxy) is 2. The molecule has 0 amide bonds. The third-order valence-corrected chi connectivity index (χ3v) is 3.27. The second-order valence-electron chi connectivity index (χ2n) is 5.23. The van der Waals surface area contributed by atoms with Crippen LogP contribution in [0, 0.1) is 5.41 Å². The molecule has 2 aromatic rings. The van der Waals surface area contributed by atoms with Crippen LogP contribution in [0.3, 0.4) is 0 Å². The van der Waals surface area contributed by atoms with Gasteiger partial charge in [-0.25, -0.2) is 31.2 Å². The molecule has 2 heterocycles. The van der Waals surface area contributed by atoms with E-state index in [-0.39, 0.29) is 24.0 Å². The molecule has 7 N–H and O–H groups in total. The minimum absolute atomic E-state index is 0.0526. The highest BCUT2D eigenvalue weighted by atomic mass is 16.6. The quantitative estimate of drug-likeness (QED) is 0.110. The van der Waals surface area contributed by atoms with Crippen molar-refractivity contribution in [1.29, 1.82) is 5.41 Å². The summed E-state index contributed by atoms with van der Waals surface area (Å²) in [6, 6.07) is 5.67. The second kappa shape index (κ2) is 9.70. The molecule has 0 aliphatic heterocycles. The fraction of sp³-hybridized carbons (Fsp3) is 0.125. The molecule has 28 heavy (non-hydrogen) atoms. The first-order valence-electron chi connectivity index (χ1n) is 7.83. The number of hydrogen-bond acceptors (Lipinski definition) is 12. The average molecular weight is 387 g/mol. The molecule has 0 unspecified atom stereocenters. The monoisotopic (exact) mass is 387 g/mol. The van der Waals surface area contributed by atoms with Gasteiger partial charge >= 0.3 is 17.9 Å². The number of nitrogen functional groups attached to an aromatic ring is 2. The van der Waals surface area contributed by atoms with Crippen LogP contribution in [0.5, 0.6) is 0 Å². The van der Waals surface area contributed by atoms with Crippen LogP contribution in [0.4, 0.5) is 11.6 Å².